The van der Waals surface area contributed by atoms with E-state index in [4.69, 9.17) is 4.74 Å². The van der Waals surface area contributed by atoms with E-state index in [1.807, 2.05) is 30.3 Å². The first kappa shape index (κ1) is 27.6. The summed E-state index contributed by atoms with van der Waals surface area (Å²) in [4.78, 5) is 24.9. The molecule has 0 N–H and O–H groups in total. The van der Waals surface area contributed by atoms with Gasteiger partial charge in [0, 0.05) is 19.3 Å². The fraction of sp³-hybridized carbons (Fsp3) is 0.455. The fourth-order valence-electron chi connectivity index (χ4n) is 4.65. The maximum absolute atomic E-state index is 12.6. The SMILES string of the molecule is O=C1CCCCCC/C=C/Cc2ccccc2OC(=O)CCCCCC/C=C/Cc2ccccc2C1. The molecule has 0 aliphatic carbocycles. The number of hydrogen-bond donors (Lipinski definition) is 0. The minimum atomic E-state index is -0.134. The van der Waals surface area contributed by atoms with E-state index in [1.54, 1.807) is 0 Å². The van der Waals surface area contributed by atoms with Gasteiger partial charge in [-0.15, -0.1) is 0 Å². The summed E-state index contributed by atoms with van der Waals surface area (Å²) in [6.07, 6.45) is 22.8. The molecule has 0 unspecified atom stereocenters. The summed E-state index contributed by atoms with van der Waals surface area (Å²) in [6, 6.07) is 16.2. The summed E-state index contributed by atoms with van der Waals surface area (Å²) in [5, 5.41) is 0. The Morgan fingerprint density at radius 1 is 0.528 bits per heavy atom. The third kappa shape index (κ3) is 10.8. The van der Waals surface area contributed by atoms with E-state index in [0.717, 1.165) is 82.6 Å². The van der Waals surface area contributed by atoms with Crippen LogP contribution in [0.15, 0.2) is 72.8 Å². The number of benzene rings is 2. The highest BCUT2D eigenvalue weighted by molar-refractivity contribution is 5.81. The van der Waals surface area contributed by atoms with Gasteiger partial charge < -0.3 is 4.74 Å². The lowest BCUT2D eigenvalue weighted by molar-refractivity contribution is -0.134. The summed E-state index contributed by atoms with van der Waals surface area (Å²) >= 11 is 0. The Morgan fingerprint density at radius 3 is 1.81 bits per heavy atom. The van der Waals surface area contributed by atoms with Crippen LogP contribution in [-0.2, 0) is 28.9 Å². The minimum absolute atomic E-state index is 0.134. The van der Waals surface area contributed by atoms with Crippen LogP contribution in [0.3, 0.4) is 0 Å². The number of esters is 1. The molecule has 0 aromatic heterocycles. The van der Waals surface area contributed by atoms with E-state index in [1.165, 1.54) is 11.1 Å². The highest BCUT2D eigenvalue weighted by atomic mass is 16.5. The number of rotatable bonds is 0. The Kier molecular flexibility index (Phi) is 12.8. The van der Waals surface area contributed by atoms with Gasteiger partial charge in [-0.3, -0.25) is 9.59 Å². The molecule has 36 heavy (non-hydrogen) atoms. The molecule has 0 saturated carbocycles. The number of allylic oxidation sites excluding steroid dienone is 4. The molecule has 0 fully saturated rings. The maximum atomic E-state index is 12.6. The molecule has 0 radical (unpaired) electrons. The highest BCUT2D eigenvalue weighted by Crippen LogP contribution is 2.21. The number of carbonyl (C=O) groups is 2. The summed E-state index contributed by atoms with van der Waals surface area (Å²) in [6.45, 7) is 0. The molecule has 2 aromatic rings. The third-order valence-corrected chi connectivity index (χ3v) is 6.79. The van der Waals surface area contributed by atoms with E-state index in [0.29, 0.717) is 30.8 Å². The smallest absolute Gasteiger partial charge is 0.311 e. The quantitative estimate of drug-likeness (QED) is 0.214. The molecular weight excluding hydrogens is 444 g/mol. The molecule has 3 heteroatoms. The molecule has 0 atom stereocenters. The Bertz CT molecular complexity index is 920. The summed E-state index contributed by atoms with van der Waals surface area (Å²) in [5.74, 6) is 0.905. The predicted molar refractivity (Wildman–Crippen MR) is 148 cm³/mol. The van der Waals surface area contributed by atoms with Gasteiger partial charge in [-0.1, -0.05) is 92.5 Å². The van der Waals surface area contributed by atoms with Gasteiger partial charge in [0.25, 0.3) is 0 Å². The maximum Gasteiger partial charge on any atom is 0.311 e. The minimum Gasteiger partial charge on any atom is -0.426 e. The van der Waals surface area contributed by atoms with Crippen LogP contribution in [0, 0.1) is 0 Å². The van der Waals surface area contributed by atoms with E-state index in [2.05, 4.69) is 42.5 Å². The van der Waals surface area contributed by atoms with Crippen LogP contribution in [0.5, 0.6) is 5.75 Å². The Labute approximate surface area is 217 Å². The average Bonchev–Trinajstić information content (AvgIpc) is 2.88. The topological polar surface area (TPSA) is 43.4 Å². The van der Waals surface area contributed by atoms with Gasteiger partial charge in [0.15, 0.2) is 0 Å². The zero-order valence-electron chi connectivity index (χ0n) is 21.8. The van der Waals surface area contributed by atoms with Gasteiger partial charge in [0.2, 0.25) is 0 Å². The Morgan fingerprint density at radius 2 is 1.08 bits per heavy atom. The molecule has 0 amide bonds. The van der Waals surface area contributed by atoms with Crippen molar-refractivity contribution in [1.82, 2.24) is 0 Å². The number of Topliss-reactive ketones (excluding diaryl/α,β-unsaturated/α-hetero) is 1. The van der Waals surface area contributed by atoms with Crippen LogP contribution in [0.4, 0.5) is 0 Å². The summed E-state index contributed by atoms with van der Waals surface area (Å²) in [5.41, 5.74) is 3.48. The van der Waals surface area contributed by atoms with Crippen LogP contribution in [0.1, 0.15) is 93.7 Å². The van der Waals surface area contributed by atoms with Crippen molar-refractivity contribution in [1.29, 1.82) is 0 Å². The van der Waals surface area contributed by atoms with Crippen molar-refractivity contribution in [3.63, 3.8) is 0 Å². The van der Waals surface area contributed by atoms with Crippen molar-refractivity contribution < 1.29 is 14.3 Å². The second-order valence-corrected chi connectivity index (χ2v) is 9.82. The molecule has 1 aliphatic heterocycles. The molecule has 1 aliphatic rings. The van der Waals surface area contributed by atoms with Gasteiger partial charge in [0.1, 0.15) is 11.5 Å². The molecule has 0 bridgehead atoms. The van der Waals surface area contributed by atoms with Crippen LogP contribution in [0.25, 0.3) is 0 Å². The van der Waals surface area contributed by atoms with Gasteiger partial charge in [-0.25, -0.2) is 0 Å². The summed E-state index contributed by atoms with van der Waals surface area (Å²) in [7, 11) is 0. The zero-order valence-corrected chi connectivity index (χ0v) is 21.8. The van der Waals surface area contributed by atoms with Crippen LogP contribution in [-0.4, -0.2) is 11.8 Å². The first-order valence-corrected chi connectivity index (χ1v) is 13.9. The molecule has 1 heterocycles. The third-order valence-electron chi connectivity index (χ3n) is 6.79. The summed E-state index contributed by atoms with van der Waals surface area (Å²) < 4.78 is 5.68. The molecule has 3 nitrogen and oxygen atoms in total. The van der Waals surface area contributed by atoms with E-state index in [9.17, 15) is 9.59 Å². The van der Waals surface area contributed by atoms with Gasteiger partial charge in [-0.2, -0.15) is 0 Å². The highest BCUT2D eigenvalue weighted by Gasteiger charge is 2.09. The van der Waals surface area contributed by atoms with Crippen molar-refractivity contribution in [2.45, 2.75) is 96.3 Å². The van der Waals surface area contributed by atoms with Crippen molar-refractivity contribution >= 4 is 11.8 Å². The number of carbonyl (C=O) groups excluding carboxylic acids is 2. The number of ketones is 1. The first-order valence-electron chi connectivity index (χ1n) is 13.9. The normalized spacial score (nSPS) is 19.9. The van der Waals surface area contributed by atoms with E-state index < -0.39 is 0 Å². The molecule has 192 valence electrons. The van der Waals surface area contributed by atoms with Crippen LogP contribution in [0.2, 0.25) is 0 Å². The Balaban J connectivity index is 1.54. The van der Waals surface area contributed by atoms with Gasteiger partial charge in [0.05, 0.1) is 0 Å². The lowest BCUT2D eigenvalue weighted by atomic mass is 9.97. The monoisotopic (exact) mass is 486 g/mol. The second-order valence-electron chi connectivity index (χ2n) is 9.82. The first-order chi connectivity index (χ1) is 17.7. The van der Waals surface area contributed by atoms with E-state index in [-0.39, 0.29) is 5.97 Å². The zero-order chi connectivity index (χ0) is 25.3. The predicted octanol–water partition coefficient (Wildman–Crippen LogP) is 8.30. The lowest BCUT2D eigenvalue weighted by Crippen LogP contribution is -2.09. The lowest BCUT2D eigenvalue weighted by Gasteiger charge is -2.09. The largest absolute Gasteiger partial charge is 0.426 e. The van der Waals surface area contributed by atoms with Crippen LogP contribution < -0.4 is 4.74 Å². The Hall–Kier alpha value is -2.94. The number of fused-ring (bicyclic) bond motifs is 2. The van der Waals surface area contributed by atoms with Crippen molar-refractivity contribution in [2.75, 3.05) is 0 Å². The second kappa shape index (κ2) is 16.7. The number of ether oxygens (including phenoxy) is 1. The molecule has 2 aromatic carbocycles. The van der Waals surface area contributed by atoms with E-state index >= 15 is 0 Å². The van der Waals surface area contributed by atoms with Crippen LogP contribution >= 0.6 is 0 Å². The van der Waals surface area contributed by atoms with Gasteiger partial charge >= 0.3 is 5.97 Å². The molecular formula is C33H42O3. The molecule has 3 rings (SSSR count). The molecule has 0 spiro atoms. The van der Waals surface area contributed by atoms with Gasteiger partial charge in [-0.05, 0) is 74.1 Å². The number of hydrogen-bond acceptors (Lipinski definition) is 3. The molecule has 0 saturated heterocycles. The standard InChI is InChI=1S/C33H42O3/c34-31-24-13-9-5-1-4-8-12-21-29-22-17-18-25-32(29)36-33(35)26-14-10-6-2-3-7-11-19-28-20-15-16-23-30(28)27-31/h7-8,11-12,15-18,20,22-23,25H,1-6,9-10,13-14,19,21,24,26-27H2/b11-7+,12-8+. The van der Waals surface area contributed by atoms with Crippen molar-refractivity contribution in [3.8, 4) is 5.75 Å². The van der Waals surface area contributed by atoms with Crippen molar-refractivity contribution in [2.24, 2.45) is 0 Å². The number of para-hydroxylation sites is 1. The average molecular weight is 487 g/mol. The van der Waals surface area contributed by atoms with Crippen molar-refractivity contribution in [3.05, 3.63) is 89.5 Å². The fourth-order valence-corrected chi connectivity index (χ4v) is 4.65.